The van der Waals surface area contributed by atoms with Crippen molar-refractivity contribution in [2.24, 2.45) is 0 Å². The molecule has 148 valence electrons. The van der Waals surface area contributed by atoms with E-state index in [0.717, 1.165) is 40.6 Å². The SMILES string of the molecule is CCC(=O)N[C@]1(C)C[C@@H](Nc2ncc3c(-c4ccn5ncnc5c4)c[nH]c3n2)C1. The third-order valence-electron chi connectivity index (χ3n) is 5.51. The van der Waals surface area contributed by atoms with Crippen molar-refractivity contribution in [2.75, 3.05) is 5.32 Å². The predicted octanol–water partition coefficient (Wildman–Crippen LogP) is 2.53. The molecule has 1 aliphatic rings. The maximum absolute atomic E-state index is 11.6. The Bertz CT molecular complexity index is 1200. The molecule has 0 atom stereocenters. The third kappa shape index (κ3) is 3.18. The van der Waals surface area contributed by atoms with Gasteiger partial charge in [-0.15, -0.1) is 0 Å². The lowest BCUT2D eigenvalue weighted by atomic mass is 9.74. The van der Waals surface area contributed by atoms with Crippen molar-refractivity contribution in [1.82, 2.24) is 34.9 Å². The summed E-state index contributed by atoms with van der Waals surface area (Å²) in [5.74, 6) is 0.680. The van der Waals surface area contributed by atoms with Gasteiger partial charge in [-0.1, -0.05) is 6.92 Å². The molecule has 1 saturated carbocycles. The lowest BCUT2D eigenvalue weighted by Gasteiger charge is -2.45. The van der Waals surface area contributed by atoms with Gasteiger partial charge in [0.1, 0.15) is 12.0 Å². The Hall–Kier alpha value is -3.49. The van der Waals surface area contributed by atoms with Crippen molar-refractivity contribution >= 4 is 28.5 Å². The largest absolute Gasteiger partial charge is 0.351 e. The summed E-state index contributed by atoms with van der Waals surface area (Å²) >= 11 is 0. The Morgan fingerprint density at radius 1 is 1.38 bits per heavy atom. The van der Waals surface area contributed by atoms with Crippen molar-refractivity contribution in [1.29, 1.82) is 0 Å². The molecule has 4 heterocycles. The number of fused-ring (bicyclic) bond motifs is 2. The summed E-state index contributed by atoms with van der Waals surface area (Å²) < 4.78 is 1.73. The Labute approximate surface area is 167 Å². The van der Waals surface area contributed by atoms with Crippen molar-refractivity contribution in [2.45, 2.75) is 44.7 Å². The normalized spacial score (nSPS) is 21.2. The van der Waals surface area contributed by atoms with E-state index in [2.05, 4.69) is 42.6 Å². The van der Waals surface area contributed by atoms with E-state index in [0.29, 0.717) is 12.4 Å². The molecule has 1 aliphatic carbocycles. The quantitative estimate of drug-likeness (QED) is 0.483. The van der Waals surface area contributed by atoms with Crippen molar-refractivity contribution in [3.63, 3.8) is 0 Å². The number of H-pyrrole nitrogens is 1. The molecule has 4 aromatic heterocycles. The number of aromatic nitrogens is 6. The average molecular weight is 390 g/mol. The Balaban J connectivity index is 1.33. The van der Waals surface area contributed by atoms with Gasteiger partial charge in [-0.25, -0.2) is 14.5 Å². The van der Waals surface area contributed by atoms with Crippen LogP contribution >= 0.6 is 0 Å². The molecule has 5 rings (SSSR count). The highest BCUT2D eigenvalue weighted by molar-refractivity contribution is 5.93. The molecular weight excluding hydrogens is 368 g/mol. The second kappa shape index (κ2) is 6.54. The Morgan fingerprint density at radius 3 is 3.07 bits per heavy atom. The van der Waals surface area contributed by atoms with E-state index in [-0.39, 0.29) is 17.5 Å². The van der Waals surface area contributed by atoms with Crippen LogP contribution in [0.1, 0.15) is 33.1 Å². The summed E-state index contributed by atoms with van der Waals surface area (Å²) in [6, 6.07) is 4.23. The minimum atomic E-state index is -0.144. The minimum Gasteiger partial charge on any atom is -0.351 e. The summed E-state index contributed by atoms with van der Waals surface area (Å²) in [4.78, 5) is 28.2. The van der Waals surface area contributed by atoms with Gasteiger partial charge >= 0.3 is 0 Å². The molecule has 1 amide bonds. The second-order valence-electron chi connectivity index (χ2n) is 7.85. The molecule has 1 fully saturated rings. The van der Waals surface area contributed by atoms with E-state index in [9.17, 15) is 4.79 Å². The lowest BCUT2D eigenvalue weighted by Crippen LogP contribution is -2.59. The fourth-order valence-electron chi connectivity index (χ4n) is 4.04. The van der Waals surface area contributed by atoms with Gasteiger partial charge in [-0.05, 0) is 37.5 Å². The van der Waals surface area contributed by atoms with Crippen LogP contribution in [0, 0.1) is 0 Å². The lowest BCUT2D eigenvalue weighted by molar-refractivity contribution is -0.123. The van der Waals surface area contributed by atoms with Crippen LogP contribution in [0.4, 0.5) is 5.95 Å². The molecule has 0 aliphatic heterocycles. The number of aromatic amines is 1. The molecule has 0 aromatic carbocycles. The number of carbonyl (C=O) groups is 1. The van der Waals surface area contributed by atoms with Crippen LogP contribution in [0.15, 0.2) is 37.1 Å². The zero-order chi connectivity index (χ0) is 20.0. The summed E-state index contributed by atoms with van der Waals surface area (Å²) in [7, 11) is 0. The first kappa shape index (κ1) is 17.6. The summed E-state index contributed by atoms with van der Waals surface area (Å²) in [5.41, 5.74) is 3.48. The molecule has 0 bridgehead atoms. The predicted molar refractivity (Wildman–Crippen MR) is 109 cm³/mol. The molecule has 0 saturated heterocycles. The molecule has 4 aromatic rings. The van der Waals surface area contributed by atoms with E-state index in [1.165, 1.54) is 6.33 Å². The van der Waals surface area contributed by atoms with Gasteiger partial charge in [0.15, 0.2) is 5.65 Å². The summed E-state index contributed by atoms with van der Waals surface area (Å²) in [6.07, 6.45) is 9.41. The number of hydrogen-bond donors (Lipinski definition) is 3. The van der Waals surface area contributed by atoms with Crippen LogP contribution < -0.4 is 10.6 Å². The van der Waals surface area contributed by atoms with Gasteiger partial charge in [-0.2, -0.15) is 10.1 Å². The number of rotatable bonds is 5. The highest BCUT2D eigenvalue weighted by Crippen LogP contribution is 2.34. The zero-order valence-corrected chi connectivity index (χ0v) is 16.3. The van der Waals surface area contributed by atoms with E-state index in [1.807, 2.05) is 37.6 Å². The second-order valence-corrected chi connectivity index (χ2v) is 7.85. The van der Waals surface area contributed by atoms with Crippen LogP contribution in [0.25, 0.3) is 27.8 Å². The van der Waals surface area contributed by atoms with Crippen LogP contribution in [-0.2, 0) is 4.79 Å². The van der Waals surface area contributed by atoms with E-state index in [4.69, 9.17) is 0 Å². The fraction of sp³-hybridized carbons (Fsp3) is 0.350. The van der Waals surface area contributed by atoms with Crippen LogP contribution in [0.3, 0.4) is 0 Å². The van der Waals surface area contributed by atoms with Gasteiger partial charge in [0.25, 0.3) is 0 Å². The molecule has 3 N–H and O–H groups in total. The molecule has 0 spiro atoms. The number of anilines is 1. The van der Waals surface area contributed by atoms with E-state index >= 15 is 0 Å². The number of nitrogens with one attached hydrogen (secondary N) is 3. The zero-order valence-electron chi connectivity index (χ0n) is 16.3. The van der Waals surface area contributed by atoms with E-state index in [1.54, 1.807) is 4.52 Å². The first-order valence-corrected chi connectivity index (χ1v) is 9.74. The highest BCUT2D eigenvalue weighted by atomic mass is 16.1. The van der Waals surface area contributed by atoms with Crippen LogP contribution in [0.2, 0.25) is 0 Å². The molecular formula is C20H22N8O. The third-order valence-corrected chi connectivity index (χ3v) is 5.51. The monoisotopic (exact) mass is 390 g/mol. The molecule has 0 unspecified atom stereocenters. The molecule has 29 heavy (non-hydrogen) atoms. The molecule has 0 radical (unpaired) electrons. The summed E-state index contributed by atoms with van der Waals surface area (Å²) in [6.45, 7) is 3.94. The molecule has 9 heteroatoms. The van der Waals surface area contributed by atoms with Gasteiger partial charge in [0.05, 0.1) is 0 Å². The number of amides is 1. The Morgan fingerprint density at radius 2 is 2.24 bits per heavy atom. The maximum Gasteiger partial charge on any atom is 0.224 e. The van der Waals surface area contributed by atoms with Gasteiger partial charge in [0, 0.05) is 47.5 Å². The fourth-order valence-corrected chi connectivity index (χ4v) is 4.04. The number of carbonyl (C=O) groups excluding carboxylic acids is 1. The molecule has 9 nitrogen and oxygen atoms in total. The number of pyridine rings is 1. The van der Waals surface area contributed by atoms with Crippen molar-refractivity contribution < 1.29 is 4.79 Å². The van der Waals surface area contributed by atoms with E-state index < -0.39 is 0 Å². The average Bonchev–Trinajstić information content (AvgIpc) is 3.32. The first-order chi connectivity index (χ1) is 14.0. The topological polar surface area (TPSA) is 113 Å². The highest BCUT2D eigenvalue weighted by Gasteiger charge is 2.41. The first-order valence-electron chi connectivity index (χ1n) is 9.74. The smallest absolute Gasteiger partial charge is 0.224 e. The van der Waals surface area contributed by atoms with Gasteiger partial charge in [0.2, 0.25) is 11.9 Å². The Kier molecular flexibility index (Phi) is 3.97. The number of nitrogens with zero attached hydrogens (tertiary/aromatic N) is 5. The number of hydrogen-bond acceptors (Lipinski definition) is 6. The maximum atomic E-state index is 11.6. The van der Waals surface area contributed by atoms with Crippen molar-refractivity contribution in [3.05, 3.63) is 37.1 Å². The van der Waals surface area contributed by atoms with Gasteiger partial charge < -0.3 is 15.6 Å². The standard InChI is InChI=1S/C20H22N8O/c1-3-17(29)27-20(2)7-13(8-20)25-19-22-10-15-14(9-21-18(15)26-19)12-4-5-28-16(6-12)23-11-24-28/h4-6,9-11,13H,3,7-8H2,1-2H3,(H,27,29)(H2,21,22,25,26)/t13-,20-. The minimum absolute atomic E-state index is 0.0897. The summed E-state index contributed by atoms with van der Waals surface area (Å²) in [5, 5.41) is 11.5. The van der Waals surface area contributed by atoms with Gasteiger partial charge in [-0.3, -0.25) is 4.79 Å². The van der Waals surface area contributed by atoms with Crippen molar-refractivity contribution in [3.8, 4) is 11.1 Å². The van der Waals surface area contributed by atoms with Crippen LogP contribution in [0.5, 0.6) is 0 Å². The van der Waals surface area contributed by atoms with Crippen LogP contribution in [-0.4, -0.2) is 47.0 Å².